The number of pyridine rings is 1. The maximum absolute atomic E-state index is 11.2. The third-order valence-corrected chi connectivity index (χ3v) is 3.78. The molecule has 0 saturated carbocycles. The summed E-state index contributed by atoms with van der Waals surface area (Å²) in [6, 6.07) is 3.71. The number of hydrogen-bond acceptors (Lipinski definition) is 4. The van der Waals surface area contributed by atoms with Crippen LogP contribution >= 0.6 is 0 Å². The first-order chi connectivity index (χ1) is 7.03. The Morgan fingerprint density at radius 1 is 1.47 bits per heavy atom. The fourth-order valence-corrected chi connectivity index (χ4v) is 1.85. The highest BCUT2D eigenvalue weighted by Crippen LogP contribution is 2.06. The van der Waals surface area contributed by atoms with Gasteiger partial charge in [0.15, 0.2) is 9.84 Å². The minimum absolute atomic E-state index is 0.171. The van der Waals surface area contributed by atoms with Gasteiger partial charge in [-0.3, -0.25) is 4.98 Å². The average molecular weight is 228 g/mol. The van der Waals surface area contributed by atoms with Crippen molar-refractivity contribution in [3.8, 4) is 0 Å². The molecular weight excluding hydrogens is 212 g/mol. The molecular formula is C10H16N2O2S. The lowest BCUT2D eigenvalue weighted by Gasteiger charge is -2.06. The second kappa shape index (κ2) is 5.11. The molecule has 0 amide bonds. The first-order valence-electron chi connectivity index (χ1n) is 4.90. The first kappa shape index (κ1) is 12.0. The van der Waals surface area contributed by atoms with E-state index in [0.29, 0.717) is 6.54 Å². The monoisotopic (exact) mass is 228 g/mol. The van der Waals surface area contributed by atoms with E-state index >= 15 is 0 Å². The zero-order valence-electron chi connectivity index (χ0n) is 9.03. The highest BCUT2D eigenvalue weighted by atomic mass is 32.2. The predicted octanol–water partition coefficient (Wildman–Crippen LogP) is 1.24. The van der Waals surface area contributed by atoms with Crippen molar-refractivity contribution in [2.75, 3.05) is 23.4 Å². The maximum Gasteiger partial charge on any atom is 0.151 e. The number of rotatable bonds is 5. The molecule has 1 aromatic heterocycles. The van der Waals surface area contributed by atoms with E-state index in [0.717, 1.165) is 11.4 Å². The molecule has 0 atom stereocenters. The van der Waals surface area contributed by atoms with Gasteiger partial charge < -0.3 is 5.32 Å². The van der Waals surface area contributed by atoms with Gasteiger partial charge in [0.2, 0.25) is 0 Å². The van der Waals surface area contributed by atoms with Crippen molar-refractivity contribution in [2.24, 2.45) is 0 Å². The zero-order chi connectivity index (χ0) is 11.3. The number of anilines is 1. The Balaban J connectivity index is 2.45. The number of aryl methyl sites for hydroxylation is 1. The van der Waals surface area contributed by atoms with Crippen LogP contribution in [0.15, 0.2) is 18.3 Å². The second-order valence-electron chi connectivity index (χ2n) is 3.35. The van der Waals surface area contributed by atoms with Crippen molar-refractivity contribution < 1.29 is 8.42 Å². The van der Waals surface area contributed by atoms with Gasteiger partial charge in [-0.25, -0.2) is 8.42 Å². The van der Waals surface area contributed by atoms with Crippen molar-refractivity contribution in [3.05, 3.63) is 24.0 Å². The second-order valence-corrected chi connectivity index (χ2v) is 5.82. The van der Waals surface area contributed by atoms with Crippen LogP contribution in [-0.4, -0.2) is 31.5 Å². The van der Waals surface area contributed by atoms with E-state index in [1.54, 1.807) is 13.1 Å². The summed E-state index contributed by atoms with van der Waals surface area (Å²) in [5.41, 5.74) is 1.83. The average Bonchev–Trinajstić information content (AvgIpc) is 2.18. The quantitative estimate of drug-likeness (QED) is 0.823. The maximum atomic E-state index is 11.2. The lowest BCUT2D eigenvalue weighted by Crippen LogP contribution is -2.17. The Kier molecular flexibility index (Phi) is 4.08. The third kappa shape index (κ3) is 4.29. The molecule has 0 fully saturated rings. The van der Waals surface area contributed by atoms with Gasteiger partial charge in [-0.2, -0.15) is 0 Å². The zero-order valence-corrected chi connectivity index (χ0v) is 9.84. The number of aromatic nitrogens is 1. The molecule has 1 rings (SSSR count). The van der Waals surface area contributed by atoms with Crippen LogP contribution in [0.5, 0.6) is 0 Å². The molecule has 1 aromatic rings. The van der Waals surface area contributed by atoms with Gasteiger partial charge in [-0.15, -0.1) is 0 Å². The Labute approximate surface area is 90.7 Å². The summed E-state index contributed by atoms with van der Waals surface area (Å²) in [4.78, 5) is 4.05. The Morgan fingerprint density at radius 2 is 2.20 bits per heavy atom. The molecule has 0 aliphatic heterocycles. The van der Waals surface area contributed by atoms with E-state index < -0.39 is 9.84 Å². The van der Waals surface area contributed by atoms with Gasteiger partial charge in [0, 0.05) is 29.9 Å². The Bertz CT molecular complexity index is 415. The molecule has 0 unspecified atom stereocenters. The fourth-order valence-electron chi connectivity index (χ4n) is 1.15. The molecule has 0 radical (unpaired) electrons. The van der Waals surface area contributed by atoms with Crippen LogP contribution in [0.2, 0.25) is 0 Å². The molecule has 0 saturated heterocycles. The Morgan fingerprint density at radius 3 is 2.80 bits per heavy atom. The normalized spacial score (nSPS) is 11.3. The van der Waals surface area contributed by atoms with Crippen LogP contribution in [0, 0.1) is 6.92 Å². The third-order valence-electron chi connectivity index (χ3n) is 2.08. The van der Waals surface area contributed by atoms with Crippen LogP contribution in [-0.2, 0) is 9.84 Å². The Hall–Kier alpha value is -1.10. The first-order valence-corrected chi connectivity index (χ1v) is 6.72. The molecule has 84 valence electrons. The lowest BCUT2D eigenvalue weighted by atomic mass is 10.3. The van der Waals surface area contributed by atoms with Gasteiger partial charge >= 0.3 is 0 Å². The van der Waals surface area contributed by atoms with Crippen LogP contribution in [0.1, 0.15) is 12.6 Å². The summed E-state index contributed by atoms with van der Waals surface area (Å²) in [5, 5.41) is 3.06. The summed E-state index contributed by atoms with van der Waals surface area (Å²) in [7, 11) is -2.88. The highest BCUT2D eigenvalue weighted by Gasteiger charge is 2.05. The molecule has 0 aliphatic rings. The molecule has 4 nitrogen and oxygen atoms in total. The number of hydrogen-bond donors (Lipinski definition) is 1. The lowest BCUT2D eigenvalue weighted by molar-refractivity contribution is 0.597. The van der Waals surface area contributed by atoms with Crippen molar-refractivity contribution in [3.63, 3.8) is 0 Å². The van der Waals surface area contributed by atoms with Gasteiger partial charge in [0.25, 0.3) is 0 Å². The molecule has 0 bridgehead atoms. The van der Waals surface area contributed by atoms with E-state index in [4.69, 9.17) is 0 Å². The highest BCUT2D eigenvalue weighted by molar-refractivity contribution is 7.91. The van der Waals surface area contributed by atoms with E-state index in [1.165, 1.54) is 0 Å². The summed E-state index contributed by atoms with van der Waals surface area (Å²) in [5.74, 6) is 0.370. The fraction of sp³-hybridized carbons (Fsp3) is 0.500. The smallest absolute Gasteiger partial charge is 0.151 e. The van der Waals surface area contributed by atoms with Gasteiger partial charge in [0.05, 0.1) is 5.75 Å². The summed E-state index contributed by atoms with van der Waals surface area (Å²) in [6.45, 7) is 4.00. The number of nitrogens with zero attached hydrogens (tertiary/aromatic N) is 1. The van der Waals surface area contributed by atoms with Crippen molar-refractivity contribution in [1.29, 1.82) is 0 Å². The largest absolute Gasteiger partial charge is 0.384 e. The van der Waals surface area contributed by atoms with Crippen molar-refractivity contribution >= 4 is 15.5 Å². The standard InChI is InChI=1S/C10H16N2O2S/c1-3-15(13,14)7-6-12-10-4-5-11-9(2)8-10/h4-5,8H,3,6-7H2,1-2H3,(H,11,12). The van der Waals surface area contributed by atoms with E-state index in [1.807, 2.05) is 19.1 Å². The molecule has 0 aliphatic carbocycles. The minimum Gasteiger partial charge on any atom is -0.384 e. The molecule has 1 heterocycles. The minimum atomic E-state index is -2.88. The van der Waals surface area contributed by atoms with Gasteiger partial charge in [0.1, 0.15) is 0 Å². The molecule has 1 N–H and O–H groups in total. The molecule has 0 aromatic carbocycles. The van der Waals surface area contributed by atoms with Gasteiger partial charge in [-0.1, -0.05) is 6.92 Å². The van der Waals surface area contributed by atoms with E-state index in [2.05, 4.69) is 10.3 Å². The van der Waals surface area contributed by atoms with Crippen LogP contribution in [0.25, 0.3) is 0 Å². The molecule has 15 heavy (non-hydrogen) atoms. The van der Waals surface area contributed by atoms with E-state index in [9.17, 15) is 8.42 Å². The molecule has 0 spiro atoms. The van der Waals surface area contributed by atoms with Crippen LogP contribution in [0.4, 0.5) is 5.69 Å². The SMILES string of the molecule is CCS(=O)(=O)CCNc1ccnc(C)c1. The predicted molar refractivity (Wildman–Crippen MR) is 61.8 cm³/mol. The van der Waals surface area contributed by atoms with Gasteiger partial charge in [-0.05, 0) is 19.1 Å². The van der Waals surface area contributed by atoms with Crippen LogP contribution < -0.4 is 5.32 Å². The van der Waals surface area contributed by atoms with Crippen molar-refractivity contribution in [1.82, 2.24) is 4.98 Å². The summed E-state index contributed by atoms with van der Waals surface area (Å²) in [6.07, 6.45) is 1.70. The number of sulfone groups is 1. The number of nitrogens with one attached hydrogen (secondary N) is 1. The van der Waals surface area contributed by atoms with E-state index in [-0.39, 0.29) is 11.5 Å². The van der Waals surface area contributed by atoms with Crippen molar-refractivity contribution in [2.45, 2.75) is 13.8 Å². The summed E-state index contributed by atoms with van der Waals surface area (Å²) < 4.78 is 22.4. The van der Waals surface area contributed by atoms with Crippen LogP contribution in [0.3, 0.4) is 0 Å². The topological polar surface area (TPSA) is 59.1 Å². The summed E-state index contributed by atoms with van der Waals surface area (Å²) >= 11 is 0. The molecule has 5 heteroatoms.